The summed E-state index contributed by atoms with van der Waals surface area (Å²) in [6, 6.07) is 5.46. The minimum Gasteiger partial charge on any atom is -0.381 e. The van der Waals surface area contributed by atoms with Crippen LogP contribution in [0, 0.1) is 18.7 Å². The van der Waals surface area contributed by atoms with E-state index in [-0.39, 0.29) is 11.2 Å². The molecule has 1 aliphatic heterocycles. The van der Waals surface area contributed by atoms with Crippen molar-refractivity contribution >= 4 is 0 Å². The predicted molar refractivity (Wildman–Crippen MR) is 72.3 cm³/mol. The van der Waals surface area contributed by atoms with Gasteiger partial charge in [-0.05, 0) is 60.8 Å². The van der Waals surface area contributed by atoms with Crippen LogP contribution in [-0.4, -0.2) is 13.2 Å². The molecule has 0 spiro atoms. The van der Waals surface area contributed by atoms with Crippen LogP contribution in [-0.2, 0) is 10.2 Å². The van der Waals surface area contributed by atoms with E-state index in [9.17, 15) is 4.39 Å². The van der Waals surface area contributed by atoms with Gasteiger partial charge >= 0.3 is 0 Å². The molecule has 1 aromatic carbocycles. The molecule has 0 N–H and O–H groups in total. The second kappa shape index (κ2) is 5.40. The summed E-state index contributed by atoms with van der Waals surface area (Å²) in [6.07, 6.45) is 3.21. The highest BCUT2D eigenvalue weighted by Crippen LogP contribution is 2.41. The third-order valence-corrected chi connectivity index (χ3v) is 4.56. The lowest BCUT2D eigenvalue weighted by atomic mass is 9.67. The van der Waals surface area contributed by atoms with Gasteiger partial charge in [-0.25, -0.2) is 4.39 Å². The number of rotatable bonds is 3. The largest absolute Gasteiger partial charge is 0.381 e. The first kappa shape index (κ1) is 13.5. The number of hydrogen-bond acceptors (Lipinski definition) is 1. The molecule has 0 saturated carbocycles. The van der Waals surface area contributed by atoms with Gasteiger partial charge in [-0.2, -0.15) is 0 Å². The molecule has 1 aromatic rings. The molecule has 1 aliphatic rings. The topological polar surface area (TPSA) is 9.23 Å². The van der Waals surface area contributed by atoms with E-state index in [0.717, 1.165) is 43.6 Å². The van der Waals surface area contributed by atoms with E-state index in [1.807, 2.05) is 6.92 Å². The summed E-state index contributed by atoms with van der Waals surface area (Å²) in [5.41, 5.74) is 2.22. The first-order valence-electron chi connectivity index (χ1n) is 6.91. The van der Waals surface area contributed by atoms with Crippen molar-refractivity contribution in [2.24, 2.45) is 5.92 Å². The van der Waals surface area contributed by atoms with Crippen molar-refractivity contribution in [3.63, 3.8) is 0 Å². The molecule has 2 heteroatoms. The lowest BCUT2D eigenvalue weighted by molar-refractivity contribution is 0.0389. The Bertz CT molecular complexity index is 389. The van der Waals surface area contributed by atoms with Gasteiger partial charge in [-0.3, -0.25) is 0 Å². The molecule has 0 amide bonds. The zero-order valence-electron chi connectivity index (χ0n) is 11.6. The van der Waals surface area contributed by atoms with Crippen LogP contribution in [0.3, 0.4) is 0 Å². The first-order valence-corrected chi connectivity index (χ1v) is 6.91. The van der Waals surface area contributed by atoms with Crippen LogP contribution >= 0.6 is 0 Å². The van der Waals surface area contributed by atoms with Crippen LogP contribution < -0.4 is 0 Å². The van der Waals surface area contributed by atoms with E-state index in [1.54, 1.807) is 12.1 Å². The molecule has 0 aliphatic carbocycles. The monoisotopic (exact) mass is 250 g/mol. The molecule has 2 rings (SSSR count). The Kier molecular flexibility index (Phi) is 4.06. The molecule has 1 saturated heterocycles. The van der Waals surface area contributed by atoms with Crippen molar-refractivity contribution in [1.82, 2.24) is 0 Å². The minimum absolute atomic E-state index is 0.0661. The number of ether oxygens (including phenoxy) is 1. The van der Waals surface area contributed by atoms with Crippen molar-refractivity contribution in [2.75, 3.05) is 13.2 Å². The zero-order valence-corrected chi connectivity index (χ0v) is 11.6. The summed E-state index contributed by atoms with van der Waals surface area (Å²) in [5.74, 6) is 0.481. The number of hydrogen-bond donors (Lipinski definition) is 0. The first-order chi connectivity index (χ1) is 8.56. The lowest BCUT2D eigenvalue weighted by Crippen LogP contribution is -2.35. The molecule has 100 valence electrons. The van der Waals surface area contributed by atoms with Crippen LogP contribution in [0.25, 0.3) is 0 Å². The fourth-order valence-corrected chi connectivity index (χ4v) is 3.13. The summed E-state index contributed by atoms with van der Waals surface area (Å²) in [4.78, 5) is 0. The van der Waals surface area contributed by atoms with E-state index < -0.39 is 0 Å². The Hall–Kier alpha value is -0.890. The van der Waals surface area contributed by atoms with Gasteiger partial charge in [0.15, 0.2) is 0 Å². The van der Waals surface area contributed by atoms with E-state index in [4.69, 9.17) is 4.74 Å². The summed E-state index contributed by atoms with van der Waals surface area (Å²) in [7, 11) is 0. The fraction of sp³-hybridized carbons (Fsp3) is 0.625. The molecule has 1 fully saturated rings. The van der Waals surface area contributed by atoms with Crippen molar-refractivity contribution in [1.29, 1.82) is 0 Å². The Morgan fingerprint density at radius 2 is 1.94 bits per heavy atom. The Morgan fingerprint density at radius 3 is 2.50 bits per heavy atom. The standard InChI is InChI=1S/C16H23FO/c1-4-16(3,13-5-7-18-8-6-13)14-9-12(2)10-15(17)11-14/h9-11,13H,4-8H2,1-3H3. The van der Waals surface area contributed by atoms with Gasteiger partial charge in [-0.15, -0.1) is 0 Å². The van der Waals surface area contributed by atoms with Gasteiger partial charge in [0.25, 0.3) is 0 Å². The van der Waals surface area contributed by atoms with Crippen LogP contribution in [0.1, 0.15) is 44.2 Å². The highest BCUT2D eigenvalue weighted by atomic mass is 19.1. The lowest BCUT2D eigenvalue weighted by Gasteiger charge is -2.40. The van der Waals surface area contributed by atoms with Crippen molar-refractivity contribution in [3.05, 3.63) is 35.1 Å². The highest BCUT2D eigenvalue weighted by Gasteiger charge is 2.35. The molecule has 0 aromatic heterocycles. The van der Waals surface area contributed by atoms with Gasteiger partial charge in [0.05, 0.1) is 0 Å². The van der Waals surface area contributed by atoms with Crippen molar-refractivity contribution in [2.45, 2.75) is 45.4 Å². The van der Waals surface area contributed by atoms with E-state index in [2.05, 4.69) is 19.9 Å². The molecule has 1 atom stereocenters. The summed E-state index contributed by atoms with van der Waals surface area (Å²) in [5, 5.41) is 0. The average molecular weight is 250 g/mol. The molecular formula is C16H23FO. The van der Waals surface area contributed by atoms with Gasteiger partial charge < -0.3 is 4.74 Å². The van der Waals surface area contributed by atoms with Gasteiger partial charge in [-0.1, -0.05) is 19.9 Å². The van der Waals surface area contributed by atoms with Gasteiger partial charge in [0, 0.05) is 13.2 Å². The Labute approximate surface area is 109 Å². The van der Waals surface area contributed by atoms with E-state index in [0.29, 0.717) is 5.92 Å². The molecule has 0 bridgehead atoms. The smallest absolute Gasteiger partial charge is 0.123 e. The average Bonchev–Trinajstić information content (AvgIpc) is 2.37. The van der Waals surface area contributed by atoms with Crippen molar-refractivity contribution < 1.29 is 9.13 Å². The second-order valence-electron chi connectivity index (χ2n) is 5.67. The molecule has 1 unspecified atom stereocenters. The van der Waals surface area contributed by atoms with Crippen LogP contribution in [0.4, 0.5) is 4.39 Å². The third kappa shape index (κ3) is 2.59. The van der Waals surface area contributed by atoms with Crippen LogP contribution in [0.5, 0.6) is 0 Å². The number of aryl methyl sites for hydroxylation is 1. The maximum atomic E-state index is 13.6. The van der Waals surface area contributed by atoms with E-state index >= 15 is 0 Å². The Morgan fingerprint density at radius 1 is 1.28 bits per heavy atom. The van der Waals surface area contributed by atoms with E-state index in [1.165, 1.54) is 0 Å². The van der Waals surface area contributed by atoms with Gasteiger partial charge in [0.1, 0.15) is 5.82 Å². The molecule has 1 heterocycles. The predicted octanol–water partition coefficient (Wildman–Crippen LogP) is 4.23. The minimum atomic E-state index is -0.114. The SMILES string of the molecule is CCC(C)(c1cc(C)cc(F)c1)C1CCOCC1. The summed E-state index contributed by atoms with van der Waals surface area (Å²) >= 11 is 0. The Balaban J connectivity index is 2.35. The summed E-state index contributed by atoms with van der Waals surface area (Å²) in [6.45, 7) is 8.13. The number of halogens is 1. The second-order valence-corrected chi connectivity index (χ2v) is 5.67. The summed E-state index contributed by atoms with van der Waals surface area (Å²) < 4.78 is 19.1. The van der Waals surface area contributed by atoms with Crippen LogP contribution in [0.15, 0.2) is 18.2 Å². The zero-order chi connectivity index (χ0) is 13.2. The molecular weight excluding hydrogens is 227 g/mol. The van der Waals surface area contributed by atoms with Crippen molar-refractivity contribution in [3.8, 4) is 0 Å². The fourth-order valence-electron chi connectivity index (χ4n) is 3.13. The maximum absolute atomic E-state index is 13.6. The molecule has 1 nitrogen and oxygen atoms in total. The number of benzene rings is 1. The maximum Gasteiger partial charge on any atom is 0.123 e. The normalized spacial score (nSPS) is 20.7. The van der Waals surface area contributed by atoms with Gasteiger partial charge in [0.2, 0.25) is 0 Å². The molecule has 0 radical (unpaired) electrons. The third-order valence-electron chi connectivity index (χ3n) is 4.56. The molecule has 18 heavy (non-hydrogen) atoms. The highest BCUT2D eigenvalue weighted by molar-refractivity contribution is 5.31. The quantitative estimate of drug-likeness (QED) is 0.780. The van der Waals surface area contributed by atoms with Crippen LogP contribution in [0.2, 0.25) is 0 Å².